The SMILES string of the molecule is CC(OCC1CCCCO1)C(=O)N(Cc1ccsc1)C1CC12CCNCC2. The van der Waals surface area contributed by atoms with E-state index in [-0.39, 0.29) is 12.0 Å². The van der Waals surface area contributed by atoms with E-state index < -0.39 is 6.10 Å². The summed E-state index contributed by atoms with van der Waals surface area (Å²) in [7, 11) is 0. The lowest BCUT2D eigenvalue weighted by Gasteiger charge is -2.31. The van der Waals surface area contributed by atoms with Crippen LogP contribution in [0, 0.1) is 5.41 Å². The number of hydrogen-bond donors (Lipinski definition) is 1. The molecule has 0 aromatic carbocycles. The van der Waals surface area contributed by atoms with E-state index in [2.05, 4.69) is 27.0 Å². The van der Waals surface area contributed by atoms with E-state index in [1.807, 2.05) is 6.92 Å². The van der Waals surface area contributed by atoms with Gasteiger partial charge >= 0.3 is 0 Å². The first-order valence-electron chi connectivity index (χ1n) is 10.4. The van der Waals surface area contributed by atoms with Crippen molar-refractivity contribution >= 4 is 17.2 Å². The van der Waals surface area contributed by atoms with Crippen molar-refractivity contribution in [2.75, 3.05) is 26.3 Å². The topological polar surface area (TPSA) is 50.8 Å². The van der Waals surface area contributed by atoms with Gasteiger partial charge in [-0.3, -0.25) is 4.79 Å². The summed E-state index contributed by atoms with van der Waals surface area (Å²) in [6, 6.07) is 2.49. The van der Waals surface area contributed by atoms with Crippen LogP contribution in [-0.4, -0.2) is 55.4 Å². The van der Waals surface area contributed by atoms with Crippen LogP contribution in [0.4, 0.5) is 0 Å². The molecule has 1 aromatic heterocycles. The fourth-order valence-corrected chi connectivity index (χ4v) is 5.31. The van der Waals surface area contributed by atoms with Gasteiger partial charge in [0.05, 0.1) is 12.7 Å². The first-order chi connectivity index (χ1) is 13.2. The van der Waals surface area contributed by atoms with Gasteiger partial charge in [0.2, 0.25) is 0 Å². The summed E-state index contributed by atoms with van der Waals surface area (Å²) in [5, 5.41) is 7.69. The van der Waals surface area contributed by atoms with Gasteiger partial charge in [0.1, 0.15) is 6.10 Å². The first-order valence-corrected chi connectivity index (χ1v) is 11.4. The predicted octanol–water partition coefficient (Wildman–Crippen LogP) is 3.19. The van der Waals surface area contributed by atoms with Crippen LogP contribution in [0.2, 0.25) is 0 Å². The number of nitrogens with one attached hydrogen (secondary N) is 1. The highest BCUT2D eigenvalue weighted by atomic mass is 32.1. The quantitative estimate of drug-likeness (QED) is 0.774. The monoisotopic (exact) mass is 392 g/mol. The molecule has 150 valence electrons. The predicted molar refractivity (Wildman–Crippen MR) is 107 cm³/mol. The molecule has 1 N–H and O–H groups in total. The Morgan fingerprint density at radius 1 is 1.44 bits per heavy atom. The van der Waals surface area contributed by atoms with E-state index in [0.717, 1.165) is 39.0 Å². The highest BCUT2D eigenvalue weighted by Crippen LogP contribution is 2.56. The van der Waals surface area contributed by atoms with E-state index in [1.165, 1.54) is 24.8 Å². The summed E-state index contributed by atoms with van der Waals surface area (Å²) >= 11 is 1.69. The van der Waals surface area contributed by atoms with Crippen molar-refractivity contribution in [2.45, 2.75) is 70.2 Å². The number of carbonyl (C=O) groups is 1. The molecule has 1 saturated carbocycles. The van der Waals surface area contributed by atoms with Gasteiger partial charge in [0.25, 0.3) is 5.91 Å². The molecule has 3 heterocycles. The molecule has 1 aliphatic carbocycles. The van der Waals surface area contributed by atoms with Crippen LogP contribution in [0.3, 0.4) is 0 Å². The third-order valence-electron chi connectivity index (χ3n) is 6.49. The Hall–Kier alpha value is -0.950. The van der Waals surface area contributed by atoms with Gasteiger partial charge in [-0.25, -0.2) is 0 Å². The normalized spacial score (nSPS) is 28.0. The van der Waals surface area contributed by atoms with Crippen LogP contribution in [0.25, 0.3) is 0 Å². The van der Waals surface area contributed by atoms with Crippen LogP contribution < -0.4 is 5.32 Å². The molecule has 27 heavy (non-hydrogen) atoms. The van der Waals surface area contributed by atoms with Gasteiger partial charge < -0.3 is 19.7 Å². The highest BCUT2D eigenvalue weighted by Gasteiger charge is 2.58. The minimum atomic E-state index is -0.409. The number of carbonyl (C=O) groups excluding carboxylic acids is 1. The van der Waals surface area contributed by atoms with Crippen molar-refractivity contribution in [3.8, 4) is 0 Å². The second-order valence-corrected chi connectivity index (χ2v) is 9.17. The Bertz CT molecular complexity index is 609. The number of nitrogens with zero attached hydrogens (tertiary/aromatic N) is 1. The lowest BCUT2D eigenvalue weighted by atomic mass is 9.93. The first kappa shape index (κ1) is 19.4. The summed E-state index contributed by atoms with van der Waals surface area (Å²) in [6.45, 7) is 6.10. The maximum absolute atomic E-state index is 13.3. The van der Waals surface area contributed by atoms with Crippen molar-refractivity contribution in [2.24, 2.45) is 5.41 Å². The Kier molecular flexibility index (Phi) is 6.17. The maximum atomic E-state index is 13.3. The number of hydrogen-bond acceptors (Lipinski definition) is 5. The average molecular weight is 393 g/mol. The lowest BCUT2D eigenvalue weighted by Crippen LogP contribution is -2.44. The minimum absolute atomic E-state index is 0.136. The van der Waals surface area contributed by atoms with Crippen molar-refractivity contribution in [3.05, 3.63) is 22.4 Å². The highest BCUT2D eigenvalue weighted by molar-refractivity contribution is 7.07. The molecule has 1 amide bonds. The van der Waals surface area contributed by atoms with E-state index in [4.69, 9.17) is 9.47 Å². The molecule has 3 unspecified atom stereocenters. The number of amides is 1. The van der Waals surface area contributed by atoms with Crippen molar-refractivity contribution in [3.63, 3.8) is 0 Å². The molecule has 0 bridgehead atoms. The molecule has 6 heteroatoms. The Balaban J connectivity index is 1.39. The standard InChI is InChI=1S/C21H32N2O3S/c1-16(26-14-18-4-2-3-10-25-18)20(24)23(13-17-5-11-27-15-17)19-12-21(19)6-8-22-9-7-21/h5,11,15-16,18-19,22H,2-4,6-10,12-14H2,1H3. The van der Waals surface area contributed by atoms with Gasteiger partial charge in [0.15, 0.2) is 0 Å². The molecule has 1 aromatic rings. The van der Waals surface area contributed by atoms with Crippen molar-refractivity contribution < 1.29 is 14.3 Å². The second-order valence-electron chi connectivity index (χ2n) is 8.39. The molecule has 3 aliphatic rings. The number of thiophene rings is 1. The molecule has 5 nitrogen and oxygen atoms in total. The lowest BCUT2D eigenvalue weighted by molar-refractivity contribution is -0.148. The van der Waals surface area contributed by atoms with E-state index in [1.54, 1.807) is 11.3 Å². The second kappa shape index (κ2) is 8.60. The molecule has 1 spiro atoms. The largest absolute Gasteiger partial charge is 0.376 e. The van der Waals surface area contributed by atoms with Gasteiger partial charge in [-0.05, 0) is 86.3 Å². The number of ether oxygens (including phenoxy) is 2. The van der Waals surface area contributed by atoms with Gasteiger partial charge in [-0.1, -0.05) is 0 Å². The molecular weight excluding hydrogens is 360 g/mol. The minimum Gasteiger partial charge on any atom is -0.376 e. The Morgan fingerprint density at radius 3 is 3.00 bits per heavy atom. The fourth-order valence-electron chi connectivity index (χ4n) is 4.65. The summed E-state index contributed by atoms with van der Waals surface area (Å²) < 4.78 is 11.7. The van der Waals surface area contributed by atoms with Crippen LogP contribution >= 0.6 is 11.3 Å². The Labute approximate surface area is 166 Å². The molecule has 2 aliphatic heterocycles. The molecule has 2 saturated heterocycles. The summed E-state index contributed by atoms with van der Waals surface area (Å²) in [6.07, 6.45) is 6.61. The molecule has 3 atom stereocenters. The fraction of sp³-hybridized carbons (Fsp3) is 0.762. The third-order valence-corrected chi connectivity index (χ3v) is 7.22. The Morgan fingerprint density at radius 2 is 2.30 bits per heavy atom. The van der Waals surface area contributed by atoms with Crippen molar-refractivity contribution in [1.29, 1.82) is 0 Å². The van der Waals surface area contributed by atoms with Crippen LogP contribution in [-0.2, 0) is 20.8 Å². The maximum Gasteiger partial charge on any atom is 0.251 e. The molecular formula is C21H32N2O3S. The zero-order valence-electron chi connectivity index (χ0n) is 16.3. The van der Waals surface area contributed by atoms with E-state index in [0.29, 0.717) is 24.6 Å². The van der Waals surface area contributed by atoms with Crippen molar-refractivity contribution in [1.82, 2.24) is 10.2 Å². The molecule has 4 rings (SSSR count). The summed E-state index contributed by atoms with van der Waals surface area (Å²) in [4.78, 5) is 15.4. The zero-order chi connectivity index (χ0) is 18.7. The third kappa shape index (κ3) is 4.56. The summed E-state index contributed by atoms with van der Waals surface area (Å²) in [5.41, 5.74) is 1.57. The van der Waals surface area contributed by atoms with Gasteiger partial charge in [-0.15, -0.1) is 0 Å². The number of rotatable bonds is 7. The molecule has 3 fully saturated rings. The average Bonchev–Trinajstić information content (AvgIpc) is 3.14. The zero-order valence-corrected chi connectivity index (χ0v) is 17.1. The molecule has 0 radical (unpaired) electrons. The smallest absolute Gasteiger partial charge is 0.251 e. The van der Waals surface area contributed by atoms with E-state index in [9.17, 15) is 4.79 Å². The van der Waals surface area contributed by atoms with Crippen LogP contribution in [0.5, 0.6) is 0 Å². The number of piperidine rings is 1. The van der Waals surface area contributed by atoms with E-state index >= 15 is 0 Å². The van der Waals surface area contributed by atoms with Gasteiger partial charge in [0, 0.05) is 19.2 Å². The summed E-state index contributed by atoms with van der Waals surface area (Å²) in [5.74, 6) is 0.136. The van der Waals surface area contributed by atoms with Crippen LogP contribution in [0.15, 0.2) is 16.8 Å². The van der Waals surface area contributed by atoms with Crippen LogP contribution in [0.1, 0.15) is 51.0 Å². The van der Waals surface area contributed by atoms with Gasteiger partial charge in [-0.2, -0.15) is 11.3 Å².